The fraction of sp³-hybridized carbons (Fsp3) is 0.692. The van der Waals surface area contributed by atoms with Crippen LogP contribution in [0.5, 0.6) is 0 Å². The van der Waals surface area contributed by atoms with Gasteiger partial charge in [-0.3, -0.25) is 0 Å². The van der Waals surface area contributed by atoms with Crippen molar-refractivity contribution in [1.29, 1.82) is 0 Å². The maximum atomic E-state index is 5.77. The third-order valence-electron chi connectivity index (χ3n) is 3.49. The van der Waals surface area contributed by atoms with E-state index in [1.54, 1.807) is 0 Å². The van der Waals surface area contributed by atoms with E-state index in [2.05, 4.69) is 45.9 Å². The van der Waals surface area contributed by atoms with Crippen LogP contribution in [-0.2, 0) is 0 Å². The van der Waals surface area contributed by atoms with Gasteiger partial charge in [0.25, 0.3) is 0 Å². The van der Waals surface area contributed by atoms with Crippen molar-refractivity contribution < 1.29 is 0 Å². The van der Waals surface area contributed by atoms with Gasteiger partial charge in [0.15, 0.2) is 0 Å². The molecule has 14 heavy (non-hydrogen) atoms. The molecule has 1 heteroatoms. The van der Waals surface area contributed by atoms with Gasteiger partial charge in [-0.15, -0.1) is 0 Å². The number of nitrogens with two attached hydrogens (primary N) is 1. The Kier molecular flexibility index (Phi) is 3.08. The Morgan fingerprint density at radius 2 is 2.07 bits per heavy atom. The molecular formula is C13H23N. The maximum absolute atomic E-state index is 5.77. The van der Waals surface area contributed by atoms with Crippen LogP contribution in [0.2, 0.25) is 0 Å². The molecule has 1 unspecified atom stereocenters. The summed E-state index contributed by atoms with van der Waals surface area (Å²) in [6.45, 7) is 9.22. The Bertz CT molecular complexity index is 255. The molecule has 0 saturated heterocycles. The van der Waals surface area contributed by atoms with Crippen molar-refractivity contribution >= 4 is 0 Å². The second-order valence-electron chi connectivity index (χ2n) is 5.40. The van der Waals surface area contributed by atoms with Gasteiger partial charge in [-0.2, -0.15) is 0 Å². The van der Waals surface area contributed by atoms with Crippen LogP contribution in [0, 0.1) is 10.8 Å². The van der Waals surface area contributed by atoms with Gasteiger partial charge in [0.1, 0.15) is 0 Å². The minimum Gasteiger partial charge on any atom is -0.399 e. The number of rotatable bonds is 2. The molecule has 0 spiro atoms. The zero-order chi connectivity index (χ0) is 10.8. The first-order chi connectivity index (χ1) is 6.41. The zero-order valence-electron chi connectivity index (χ0n) is 9.93. The van der Waals surface area contributed by atoms with Crippen LogP contribution in [0.3, 0.4) is 0 Å². The smallest absolute Gasteiger partial charge is 0.0270 e. The van der Waals surface area contributed by atoms with Gasteiger partial charge in [0, 0.05) is 5.70 Å². The molecule has 80 valence electrons. The van der Waals surface area contributed by atoms with E-state index in [0.29, 0.717) is 10.8 Å². The van der Waals surface area contributed by atoms with Gasteiger partial charge in [-0.25, -0.2) is 0 Å². The molecule has 0 saturated carbocycles. The maximum Gasteiger partial charge on any atom is 0.0270 e. The van der Waals surface area contributed by atoms with E-state index >= 15 is 0 Å². The van der Waals surface area contributed by atoms with Crippen molar-refractivity contribution in [2.45, 2.75) is 47.0 Å². The lowest BCUT2D eigenvalue weighted by Gasteiger charge is -2.44. The van der Waals surface area contributed by atoms with Crippen LogP contribution in [0.15, 0.2) is 23.9 Å². The van der Waals surface area contributed by atoms with Crippen molar-refractivity contribution in [3.63, 3.8) is 0 Å². The summed E-state index contributed by atoms with van der Waals surface area (Å²) < 4.78 is 0. The highest BCUT2D eigenvalue weighted by atomic mass is 14.6. The molecule has 1 rings (SSSR count). The molecule has 0 aromatic heterocycles. The van der Waals surface area contributed by atoms with Gasteiger partial charge < -0.3 is 5.73 Å². The van der Waals surface area contributed by atoms with Crippen molar-refractivity contribution in [1.82, 2.24) is 0 Å². The first kappa shape index (κ1) is 11.4. The van der Waals surface area contributed by atoms with Gasteiger partial charge in [-0.1, -0.05) is 46.3 Å². The predicted molar refractivity (Wildman–Crippen MR) is 62.8 cm³/mol. The Morgan fingerprint density at radius 1 is 1.43 bits per heavy atom. The van der Waals surface area contributed by atoms with Gasteiger partial charge in [0.05, 0.1) is 0 Å². The first-order valence-corrected chi connectivity index (χ1v) is 5.56. The molecular weight excluding hydrogens is 170 g/mol. The molecule has 2 N–H and O–H groups in total. The van der Waals surface area contributed by atoms with Gasteiger partial charge >= 0.3 is 0 Å². The van der Waals surface area contributed by atoms with Crippen LogP contribution >= 0.6 is 0 Å². The Balaban J connectivity index is 2.92. The molecule has 0 aromatic carbocycles. The summed E-state index contributed by atoms with van der Waals surface area (Å²) in [7, 11) is 0. The lowest BCUT2D eigenvalue weighted by molar-refractivity contribution is 0.132. The molecule has 0 aliphatic heterocycles. The fourth-order valence-corrected chi connectivity index (χ4v) is 2.25. The normalized spacial score (nSPS) is 27.6. The highest BCUT2D eigenvalue weighted by Gasteiger charge is 2.38. The largest absolute Gasteiger partial charge is 0.399 e. The summed E-state index contributed by atoms with van der Waals surface area (Å²) in [5.41, 5.74) is 7.31. The van der Waals surface area contributed by atoms with Crippen LogP contribution in [0.4, 0.5) is 0 Å². The Labute approximate surface area is 88.1 Å². The lowest BCUT2D eigenvalue weighted by Crippen LogP contribution is -2.35. The minimum absolute atomic E-state index is 0.310. The molecule has 1 aliphatic carbocycles. The average molecular weight is 193 g/mol. The number of hydrogen-bond acceptors (Lipinski definition) is 1. The second-order valence-corrected chi connectivity index (χ2v) is 5.40. The number of hydrogen-bond donors (Lipinski definition) is 1. The molecule has 1 nitrogen and oxygen atoms in total. The first-order valence-electron chi connectivity index (χ1n) is 5.56. The Hall–Kier alpha value is -0.720. The molecule has 0 fully saturated rings. The van der Waals surface area contributed by atoms with E-state index in [-0.39, 0.29) is 0 Å². The third kappa shape index (κ3) is 2.02. The zero-order valence-corrected chi connectivity index (χ0v) is 9.93. The van der Waals surface area contributed by atoms with Crippen LogP contribution in [-0.4, -0.2) is 0 Å². The molecule has 1 aliphatic rings. The highest BCUT2D eigenvalue weighted by molar-refractivity contribution is 5.25. The standard InChI is InChI=1S/C13H23N/c1-5-8-13(12(2,3)4)9-6-11(14)7-10-13/h6-7,9H,5,8,10,14H2,1-4H3. The van der Waals surface area contributed by atoms with Crippen LogP contribution in [0.1, 0.15) is 47.0 Å². The molecule has 0 amide bonds. The molecule has 0 aromatic rings. The molecule has 0 heterocycles. The minimum atomic E-state index is 0.310. The number of allylic oxidation sites excluding steroid dienone is 3. The predicted octanol–water partition coefficient (Wildman–Crippen LogP) is 3.62. The summed E-state index contributed by atoms with van der Waals surface area (Å²) in [5, 5.41) is 0. The summed E-state index contributed by atoms with van der Waals surface area (Å²) in [4.78, 5) is 0. The fourth-order valence-electron chi connectivity index (χ4n) is 2.25. The van der Waals surface area contributed by atoms with Crippen molar-refractivity contribution in [3.8, 4) is 0 Å². The highest BCUT2D eigenvalue weighted by Crippen LogP contribution is 2.48. The Morgan fingerprint density at radius 3 is 2.43 bits per heavy atom. The van der Waals surface area contributed by atoms with E-state index in [1.165, 1.54) is 12.8 Å². The van der Waals surface area contributed by atoms with Gasteiger partial charge in [-0.05, 0) is 29.7 Å². The van der Waals surface area contributed by atoms with Crippen LogP contribution < -0.4 is 5.73 Å². The van der Waals surface area contributed by atoms with E-state index in [9.17, 15) is 0 Å². The van der Waals surface area contributed by atoms with Crippen molar-refractivity contribution in [2.75, 3.05) is 0 Å². The van der Waals surface area contributed by atoms with Gasteiger partial charge in [0.2, 0.25) is 0 Å². The van der Waals surface area contributed by atoms with Crippen molar-refractivity contribution in [3.05, 3.63) is 23.9 Å². The topological polar surface area (TPSA) is 26.0 Å². The third-order valence-corrected chi connectivity index (χ3v) is 3.49. The SMILES string of the molecule is CCCC1(C(C)(C)C)C=CC(N)=CC1. The van der Waals surface area contributed by atoms with E-state index in [1.807, 2.05) is 0 Å². The summed E-state index contributed by atoms with van der Waals surface area (Å²) >= 11 is 0. The molecule has 0 radical (unpaired) electrons. The van der Waals surface area contributed by atoms with Crippen LogP contribution in [0.25, 0.3) is 0 Å². The monoisotopic (exact) mass is 193 g/mol. The molecule has 0 bridgehead atoms. The second kappa shape index (κ2) is 3.80. The van der Waals surface area contributed by atoms with E-state index in [4.69, 9.17) is 5.73 Å². The molecule has 1 atom stereocenters. The van der Waals surface area contributed by atoms with Crippen molar-refractivity contribution in [2.24, 2.45) is 16.6 Å². The van der Waals surface area contributed by atoms with E-state index < -0.39 is 0 Å². The van der Waals surface area contributed by atoms with E-state index in [0.717, 1.165) is 12.1 Å². The average Bonchev–Trinajstić information content (AvgIpc) is 2.07. The lowest BCUT2D eigenvalue weighted by atomic mass is 9.61. The quantitative estimate of drug-likeness (QED) is 0.712. The summed E-state index contributed by atoms with van der Waals surface area (Å²) in [5.74, 6) is 0. The summed E-state index contributed by atoms with van der Waals surface area (Å²) in [6.07, 6.45) is 10.1. The summed E-state index contributed by atoms with van der Waals surface area (Å²) in [6, 6.07) is 0.